The van der Waals surface area contributed by atoms with E-state index in [0.717, 1.165) is 9.25 Å². The van der Waals surface area contributed by atoms with Gasteiger partial charge in [-0.1, -0.05) is 13.8 Å². The molecule has 0 spiro atoms. The third-order valence-electron chi connectivity index (χ3n) is 1.55. The Bertz CT molecular complexity index is 330. The largest absolute Gasteiger partial charge is 0.345 e. The fourth-order valence-electron chi connectivity index (χ4n) is 0.982. The van der Waals surface area contributed by atoms with E-state index in [-0.39, 0.29) is 6.54 Å². The van der Waals surface area contributed by atoms with E-state index in [9.17, 15) is 13.6 Å². The lowest BCUT2D eigenvalue weighted by molar-refractivity contribution is 0.134. The van der Waals surface area contributed by atoms with Crippen LogP contribution in [-0.4, -0.2) is 14.3 Å². The molecule has 0 saturated carbocycles. The molecule has 0 saturated heterocycles. The van der Waals surface area contributed by atoms with Crippen molar-refractivity contribution in [3.63, 3.8) is 0 Å². The molecular formula is C8H15F2N3O. The van der Waals surface area contributed by atoms with Gasteiger partial charge in [-0.05, 0) is 6.92 Å². The molecule has 0 aliphatic heterocycles. The van der Waals surface area contributed by atoms with Crippen LogP contribution in [0.15, 0.2) is 4.79 Å². The third-order valence-corrected chi connectivity index (χ3v) is 1.55. The zero-order chi connectivity index (χ0) is 11.3. The van der Waals surface area contributed by atoms with E-state index in [2.05, 4.69) is 5.10 Å². The van der Waals surface area contributed by atoms with Gasteiger partial charge < -0.3 is 0 Å². The average molecular weight is 207 g/mol. The van der Waals surface area contributed by atoms with Crippen LogP contribution in [0, 0.1) is 0 Å². The standard InChI is InChI=1S/C6H9F2N3O.C2H6/c1-3-11-5(4(7)8)9-10(2)6(11)12;1-2/h4H,3H2,1-2H3;1-2H3. The Balaban J connectivity index is 0.000000791. The summed E-state index contributed by atoms with van der Waals surface area (Å²) in [4.78, 5) is 11.1. The number of rotatable bonds is 2. The van der Waals surface area contributed by atoms with Crippen molar-refractivity contribution in [3.05, 3.63) is 16.3 Å². The fraction of sp³-hybridized carbons (Fsp3) is 0.750. The highest BCUT2D eigenvalue weighted by Crippen LogP contribution is 2.13. The van der Waals surface area contributed by atoms with Gasteiger partial charge in [0.1, 0.15) is 0 Å². The molecule has 1 aromatic rings. The summed E-state index contributed by atoms with van der Waals surface area (Å²) in [5.41, 5.74) is -0.507. The average Bonchev–Trinajstić information content (AvgIpc) is 2.47. The van der Waals surface area contributed by atoms with Crippen LogP contribution < -0.4 is 5.69 Å². The molecule has 0 bridgehead atoms. The monoisotopic (exact) mass is 207 g/mol. The molecule has 82 valence electrons. The third kappa shape index (κ3) is 2.40. The zero-order valence-corrected chi connectivity index (χ0v) is 8.79. The maximum Gasteiger partial charge on any atom is 0.345 e. The summed E-state index contributed by atoms with van der Waals surface area (Å²) < 4.78 is 26.2. The molecular weight excluding hydrogens is 192 g/mol. The van der Waals surface area contributed by atoms with Gasteiger partial charge >= 0.3 is 5.69 Å². The highest BCUT2D eigenvalue weighted by Gasteiger charge is 2.18. The van der Waals surface area contributed by atoms with Crippen molar-refractivity contribution >= 4 is 0 Å². The van der Waals surface area contributed by atoms with Crippen molar-refractivity contribution in [1.82, 2.24) is 14.3 Å². The molecule has 0 radical (unpaired) electrons. The Labute approximate surface area is 81.2 Å². The highest BCUT2D eigenvalue weighted by atomic mass is 19.3. The number of hydrogen-bond donors (Lipinski definition) is 0. The maximum atomic E-state index is 12.2. The van der Waals surface area contributed by atoms with Gasteiger partial charge in [-0.25, -0.2) is 18.3 Å². The lowest BCUT2D eigenvalue weighted by Gasteiger charge is -1.98. The van der Waals surface area contributed by atoms with Crippen LogP contribution in [0.1, 0.15) is 33.0 Å². The first kappa shape index (κ1) is 12.8. The number of aromatic nitrogens is 3. The smallest absolute Gasteiger partial charge is 0.274 e. The summed E-state index contributed by atoms with van der Waals surface area (Å²) in [6.07, 6.45) is -2.70. The Kier molecular flexibility index (Phi) is 5.04. The molecule has 0 atom stereocenters. The molecule has 0 fully saturated rings. The quantitative estimate of drug-likeness (QED) is 0.738. The lowest BCUT2D eigenvalue weighted by atomic mass is 10.6. The van der Waals surface area contributed by atoms with Gasteiger partial charge in [0.05, 0.1) is 0 Å². The van der Waals surface area contributed by atoms with Crippen LogP contribution in [0.25, 0.3) is 0 Å². The van der Waals surface area contributed by atoms with Crippen LogP contribution in [0.2, 0.25) is 0 Å². The van der Waals surface area contributed by atoms with Crippen molar-refractivity contribution in [2.24, 2.45) is 7.05 Å². The molecule has 0 aliphatic rings. The molecule has 14 heavy (non-hydrogen) atoms. The van der Waals surface area contributed by atoms with Gasteiger partial charge in [-0.3, -0.25) is 4.57 Å². The second-order valence-electron chi connectivity index (χ2n) is 2.31. The number of alkyl halides is 2. The van der Waals surface area contributed by atoms with Gasteiger partial charge in [0, 0.05) is 13.6 Å². The minimum Gasteiger partial charge on any atom is -0.274 e. The van der Waals surface area contributed by atoms with Crippen LogP contribution in [0.4, 0.5) is 8.78 Å². The zero-order valence-electron chi connectivity index (χ0n) is 8.79. The first-order valence-corrected chi connectivity index (χ1v) is 4.49. The Morgan fingerprint density at radius 1 is 1.43 bits per heavy atom. The summed E-state index contributed by atoms with van der Waals surface area (Å²) in [5, 5.41) is 3.40. The molecule has 0 aliphatic carbocycles. The van der Waals surface area contributed by atoms with E-state index in [1.165, 1.54) is 7.05 Å². The van der Waals surface area contributed by atoms with Gasteiger partial charge in [0.2, 0.25) is 5.82 Å². The molecule has 1 rings (SSSR count). The second kappa shape index (κ2) is 5.51. The summed E-state index contributed by atoms with van der Waals surface area (Å²) >= 11 is 0. The molecule has 4 nitrogen and oxygen atoms in total. The SMILES string of the molecule is CC.CCn1c(C(F)F)nn(C)c1=O. The maximum absolute atomic E-state index is 12.2. The van der Waals surface area contributed by atoms with Crippen molar-refractivity contribution in [3.8, 4) is 0 Å². The first-order valence-electron chi connectivity index (χ1n) is 4.49. The van der Waals surface area contributed by atoms with Gasteiger partial charge in [-0.2, -0.15) is 0 Å². The summed E-state index contributed by atoms with van der Waals surface area (Å²) in [5.74, 6) is -0.468. The Morgan fingerprint density at radius 2 is 1.93 bits per heavy atom. The highest BCUT2D eigenvalue weighted by molar-refractivity contribution is 4.88. The molecule has 0 aromatic carbocycles. The molecule has 1 heterocycles. The Morgan fingerprint density at radius 3 is 2.21 bits per heavy atom. The molecule has 0 amide bonds. The number of aryl methyl sites for hydroxylation is 1. The van der Waals surface area contributed by atoms with Crippen molar-refractivity contribution in [1.29, 1.82) is 0 Å². The van der Waals surface area contributed by atoms with Crippen LogP contribution in [0.5, 0.6) is 0 Å². The van der Waals surface area contributed by atoms with E-state index >= 15 is 0 Å². The first-order chi connectivity index (χ1) is 6.57. The molecule has 0 N–H and O–H groups in total. The van der Waals surface area contributed by atoms with E-state index in [1.54, 1.807) is 6.92 Å². The van der Waals surface area contributed by atoms with Crippen LogP contribution in [0.3, 0.4) is 0 Å². The topological polar surface area (TPSA) is 39.8 Å². The summed E-state index contributed by atoms with van der Waals surface area (Å²) in [6.45, 7) is 5.83. The van der Waals surface area contributed by atoms with E-state index in [4.69, 9.17) is 0 Å². The number of halogens is 2. The normalized spacial score (nSPS) is 9.93. The Hall–Kier alpha value is -1.20. The van der Waals surface area contributed by atoms with Gasteiger partial charge in [-0.15, -0.1) is 5.10 Å². The van der Waals surface area contributed by atoms with Crippen molar-refractivity contribution < 1.29 is 8.78 Å². The summed E-state index contributed by atoms with van der Waals surface area (Å²) in [6, 6.07) is 0. The number of nitrogens with zero attached hydrogens (tertiary/aromatic N) is 3. The van der Waals surface area contributed by atoms with E-state index in [0.29, 0.717) is 0 Å². The predicted molar refractivity (Wildman–Crippen MR) is 49.4 cm³/mol. The van der Waals surface area contributed by atoms with E-state index in [1.807, 2.05) is 13.8 Å². The van der Waals surface area contributed by atoms with Crippen LogP contribution >= 0.6 is 0 Å². The van der Waals surface area contributed by atoms with E-state index < -0.39 is 17.9 Å². The van der Waals surface area contributed by atoms with Gasteiger partial charge in [0.15, 0.2) is 0 Å². The molecule has 6 heteroatoms. The van der Waals surface area contributed by atoms with Gasteiger partial charge in [0.25, 0.3) is 6.43 Å². The molecule has 1 aromatic heterocycles. The predicted octanol–water partition coefficient (Wildman–Crippen LogP) is 1.57. The lowest BCUT2D eigenvalue weighted by Crippen LogP contribution is -2.22. The van der Waals surface area contributed by atoms with Crippen LogP contribution in [-0.2, 0) is 13.6 Å². The minimum absolute atomic E-state index is 0.215. The van der Waals surface area contributed by atoms with Crippen molar-refractivity contribution in [2.45, 2.75) is 33.7 Å². The molecule has 0 unspecified atom stereocenters. The second-order valence-corrected chi connectivity index (χ2v) is 2.31. The fourth-order valence-corrected chi connectivity index (χ4v) is 0.982. The minimum atomic E-state index is -2.70. The number of hydrogen-bond acceptors (Lipinski definition) is 2. The van der Waals surface area contributed by atoms with Crippen molar-refractivity contribution in [2.75, 3.05) is 0 Å². The summed E-state index contributed by atoms with van der Waals surface area (Å²) in [7, 11) is 1.35.